The topological polar surface area (TPSA) is 79.0 Å². The molecule has 1 aliphatic rings. The second-order valence-corrected chi connectivity index (χ2v) is 4.76. The van der Waals surface area contributed by atoms with Crippen LogP contribution in [0.15, 0.2) is 12.4 Å². The second-order valence-electron chi connectivity index (χ2n) is 4.76. The summed E-state index contributed by atoms with van der Waals surface area (Å²) >= 11 is 0. The Bertz CT molecular complexity index is 374. The highest BCUT2D eigenvalue weighted by atomic mass is 16.5. The Balaban J connectivity index is 1.73. The molecule has 2 rings (SSSR count). The normalized spacial score (nSPS) is 18.2. The average Bonchev–Trinajstić information content (AvgIpc) is 2.97. The Morgan fingerprint density at radius 1 is 1.58 bits per heavy atom. The molecule has 2 heterocycles. The number of hydrogen-bond acceptors (Lipinski definition) is 4. The second kappa shape index (κ2) is 7.25. The number of ether oxygens (including phenoxy) is 1. The lowest BCUT2D eigenvalue weighted by Crippen LogP contribution is -2.37. The summed E-state index contributed by atoms with van der Waals surface area (Å²) in [5, 5.41) is 6.20. The van der Waals surface area contributed by atoms with Crippen molar-refractivity contribution in [3.05, 3.63) is 18.2 Å². The maximum absolute atomic E-state index is 11.9. The van der Waals surface area contributed by atoms with E-state index in [4.69, 9.17) is 4.74 Å². The van der Waals surface area contributed by atoms with Gasteiger partial charge in [0.1, 0.15) is 12.4 Å². The van der Waals surface area contributed by atoms with Gasteiger partial charge in [0.25, 0.3) is 0 Å². The van der Waals surface area contributed by atoms with Crippen molar-refractivity contribution in [2.75, 3.05) is 19.7 Å². The Morgan fingerprint density at radius 2 is 2.37 bits per heavy atom. The lowest BCUT2D eigenvalue weighted by atomic mass is 10.1. The number of nitrogens with one attached hydrogen (secondary N) is 3. The van der Waals surface area contributed by atoms with Gasteiger partial charge in [-0.2, -0.15) is 0 Å². The van der Waals surface area contributed by atoms with Gasteiger partial charge >= 0.3 is 0 Å². The number of imidazole rings is 1. The van der Waals surface area contributed by atoms with E-state index in [1.807, 2.05) is 6.92 Å². The fraction of sp³-hybridized carbons (Fsp3) is 0.692. The molecule has 1 aliphatic heterocycles. The molecule has 1 aromatic heterocycles. The Kier molecular flexibility index (Phi) is 5.35. The minimum absolute atomic E-state index is 0.0703. The van der Waals surface area contributed by atoms with Crippen LogP contribution >= 0.6 is 0 Å². The molecule has 0 aliphatic carbocycles. The van der Waals surface area contributed by atoms with Crippen LogP contribution in [0.1, 0.15) is 38.1 Å². The van der Waals surface area contributed by atoms with Crippen molar-refractivity contribution in [3.63, 3.8) is 0 Å². The van der Waals surface area contributed by atoms with Gasteiger partial charge in [-0.05, 0) is 32.4 Å². The van der Waals surface area contributed by atoms with Gasteiger partial charge in [-0.15, -0.1) is 0 Å². The summed E-state index contributed by atoms with van der Waals surface area (Å²) in [7, 11) is 0. The molecule has 1 atom stereocenters. The van der Waals surface area contributed by atoms with Crippen LogP contribution in [0.5, 0.6) is 0 Å². The zero-order chi connectivity index (χ0) is 13.5. The number of rotatable bonds is 6. The summed E-state index contributed by atoms with van der Waals surface area (Å²) in [5.74, 6) is 0.708. The highest BCUT2D eigenvalue weighted by molar-refractivity contribution is 5.77. The Labute approximate surface area is 113 Å². The first kappa shape index (κ1) is 14.0. The molecule has 1 fully saturated rings. The van der Waals surface area contributed by atoms with Crippen LogP contribution in [-0.4, -0.2) is 41.7 Å². The van der Waals surface area contributed by atoms with Gasteiger partial charge in [0.05, 0.1) is 12.1 Å². The Morgan fingerprint density at radius 3 is 3.00 bits per heavy atom. The van der Waals surface area contributed by atoms with Crippen LogP contribution in [0, 0.1) is 0 Å². The van der Waals surface area contributed by atoms with Gasteiger partial charge in [0.15, 0.2) is 0 Å². The highest BCUT2D eigenvalue weighted by Crippen LogP contribution is 2.11. The number of carbonyl (C=O) groups is 1. The van der Waals surface area contributed by atoms with Crippen molar-refractivity contribution in [2.45, 2.75) is 38.3 Å². The van der Waals surface area contributed by atoms with Gasteiger partial charge in [-0.25, -0.2) is 4.98 Å². The summed E-state index contributed by atoms with van der Waals surface area (Å²) in [5.41, 5.74) is 0. The molecule has 0 aromatic carbocycles. The molecule has 19 heavy (non-hydrogen) atoms. The molecule has 0 spiro atoms. The molecule has 0 bridgehead atoms. The molecule has 3 N–H and O–H groups in total. The first-order chi connectivity index (χ1) is 9.29. The molecule has 1 saturated heterocycles. The van der Waals surface area contributed by atoms with Crippen molar-refractivity contribution < 1.29 is 9.53 Å². The lowest BCUT2D eigenvalue weighted by Gasteiger charge is -2.23. The van der Waals surface area contributed by atoms with Crippen molar-refractivity contribution in [1.29, 1.82) is 0 Å². The van der Waals surface area contributed by atoms with Gasteiger partial charge < -0.3 is 20.4 Å². The van der Waals surface area contributed by atoms with Gasteiger partial charge in [0.2, 0.25) is 5.91 Å². The third kappa shape index (κ3) is 4.33. The number of piperidine rings is 1. The number of aromatic amines is 1. The van der Waals surface area contributed by atoms with Crippen LogP contribution < -0.4 is 10.6 Å². The molecule has 106 valence electrons. The van der Waals surface area contributed by atoms with Crippen LogP contribution in [0.3, 0.4) is 0 Å². The molecule has 0 radical (unpaired) electrons. The molecule has 1 amide bonds. The molecular formula is C13H22N4O2. The van der Waals surface area contributed by atoms with Crippen LogP contribution in [0.4, 0.5) is 0 Å². The monoisotopic (exact) mass is 266 g/mol. The fourth-order valence-corrected chi connectivity index (χ4v) is 2.22. The van der Waals surface area contributed by atoms with Crippen molar-refractivity contribution >= 4 is 5.91 Å². The van der Waals surface area contributed by atoms with Crippen molar-refractivity contribution in [3.8, 4) is 0 Å². The number of amides is 1. The Hall–Kier alpha value is -1.40. The summed E-state index contributed by atoms with van der Waals surface area (Å²) in [6.45, 7) is 4.08. The first-order valence-corrected chi connectivity index (χ1v) is 6.90. The third-order valence-corrected chi connectivity index (χ3v) is 3.33. The maximum atomic E-state index is 11.9. The third-order valence-electron chi connectivity index (χ3n) is 3.33. The molecule has 6 nitrogen and oxygen atoms in total. The van der Waals surface area contributed by atoms with E-state index in [1.54, 1.807) is 12.4 Å². The minimum atomic E-state index is -0.0817. The van der Waals surface area contributed by atoms with Gasteiger partial charge in [-0.1, -0.05) is 6.92 Å². The number of nitrogens with zero attached hydrogens (tertiary/aromatic N) is 1. The predicted octanol–water partition coefficient (Wildman–Crippen LogP) is 0.746. The number of hydrogen-bond donors (Lipinski definition) is 3. The van der Waals surface area contributed by atoms with Crippen LogP contribution in [0.25, 0.3) is 0 Å². The summed E-state index contributed by atoms with van der Waals surface area (Å²) in [6, 6.07) is -0.0703. The predicted molar refractivity (Wildman–Crippen MR) is 71.6 cm³/mol. The van der Waals surface area contributed by atoms with E-state index < -0.39 is 0 Å². The van der Waals surface area contributed by atoms with Gasteiger partial charge in [0, 0.05) is 12.4 Å². The zero-order valence-corrected chi connectivity index (χ0v) is 11.3. The summed E-state index contributed by atoms with van der Waals surface area (Å²) < 4.78 is 5.62. The van der Waals surface area contributed by atoms with E-state index in [0.29, 0.717) is 0 Å². The van der Waals surface area contributed by atoms with Crippen molar-refractivity contribution in [2.24, 2.45) is 0 Å². The molecule has 6 heteroatoms. The molecule has 1 unspecified atom stereocenters. The average molecular weight is 266 g/mol. The summed E-state index contributed by atoms with van der Waals surface area (Å²) in [6.07, 6.45) is 6.40. The first-order valence-electron chi connectivity index (χ1n) is 6.90. The van der Waals surface area contributed by atoms with E-state index >= 15 is 0 Å². The standard InChI is InChI=1S/C13H22N4O2/c1-2-11(13-15-7-8-16-13)17-12(18)9-19-10-3-5-14-6-4-10/h7-8,10-11,14H,2-6,9H2,1H3,(H,15,16)(H,17,18). The maximum Gasteiger partial charge on any atom is 0.246 e. The SMILES string of the molecule is CCC(NC(=O)COC1CCNCC1)c1ncc[nH]1. The number of aromatic nitrogens is 2. The summed E-state index contributed by atoms with van der Waals surface area (Å²) in [4.78, 5) is 19.1. The van der Waals surface area contributed by atoms with Crippen LogP contribution in [-0.2, 0) is 9.53 Å². The van der Waals surface area contributed by atoms with Crippen molar-refractivity contribution in [1.82, 2.24) is 20.6 Å². The lowest BCUT2D eigenvalue weighted by molar-refractivity contribution is -0.129. The van der Waals surface area contributed by atoms with E-state index in [0.717, 1.165) is 38.2 Å². The van der Waals surface area contributed by atoms with Crippen LogP contribution in [0.2, 0.25) is 0 Å². The fourth-order valence-electron chi connectivity index (χ4n) is 2.22. The quantitative estimate of drug-likeness (QED) is 0.710. The van der Waals surface area contributed by atoms with E-state index in [-0.39, 0.29) is 24.7 Å². The number of H-pyrrole nitrogens is 1. The molecular weight excluding hydrogens is 244 g/mol. The van der Waals surface area contributed by atoms with E-state index in [9.17, 15) is 4.79 Å². The zero-order valence-electron chi connectivity index (χ0n) is 11.3. The minimum Gasteiger partial charge on any atom is -0.368 e. The smallest absolute Gasteiger partial charge is 0.246 e. The van der Waals surface area contributed by atoms with E-state index in [2.05, 4.69) is 20.6 Å². The molecule has 1 aromatic rings. The van der Waals surface area contributed by atoms with E-state index in [1.165, 1.54) is 0 Å². The molecule has 0 saturated carbocycles. The highest BCUT2D eigenvalue weighted by Gasteiger charge is 2.17. The van der Waals surface area contributed by atoms with Gasteiger partial charge in [-0.3, -0.25) is 4.79 Å². The number of carbonyl (C=O) groups excluding carboxylic acids is 1. The largest absolute Gasteiger partial charge is 0.368 e.